The lowest BCUT2D eigenvalue weighted by molar-refractivity contribution is -0.117. The highest BCUT2D eigenvalue weighted by atomic mass is 16.5. The Labute approximate surface area is 123 Å². The standard InChI is InChI=1S/C15H19N3O3/c1-11-8-16-15(21-11)10-18(2)9-14(19)17-12-5-4-6-13(7-12)20-3/h4-8H,9-10H2,1-3H3,(H,17,19). The van der Waals surface area contributed by atoms with Gasteiger partial charge in [0.15, 0.2) is 0 Å². The van der Waals surface area contributed by atoms with E-state index in [1.165, 1.54) is 0 Å². The van der Waals surface area contributed by atoms with Crippen LogP contribution in [-0.4, -0.2) is 36.5 Å². The maximum atomic E-state index is 12.0. The van der Waals surface area contributed by atoms with Gasteiger partial charge in [-0.15, -0.1) is 0 Å². The molecule has 2 aromatic rings. The van der Waals surface area contributed by atoms with E-state index in [1.807, 2.05) is 37.1 Å². The molecule has 0 unspecified atom stereocenters. The van der Waals surface area contributed by atoms with Gasteiger partial charge in [-0.05, 0) is 26.1 Å². The summed E-state index contributed by atoms with van der Waals surface area (Å²) in [6.07, 6.45) is 1.67. The highest BCUT2D eigenvalue weighted by Gasteiger charge is 2.10. The lowest BCUT2D eigenvalue weighted by Gasteiger charge is -2.14. The van der Waals surface area contributed by atoms with Crippen LogP contribution in [0.1, 0.15) is 11.7 Å². The van der Waals surface area contributed by atoms with Crippen LogP contribution >= 0.6 is 0 Å². The van der Waals surface area contributed by atoms with Crippen molar-refractivity contribution in [1.82, 2.24) is 9.88 Å². The van der Waals surface area contributed by atoms with Crippen molar-refractivity contribution in [2.45, 2.75) is 13.5 Å². The molecule has 6 heteroatoms. The molecule has 0 saturated heterocycles. The first-order valence-electron chi connectivity index (χ1n) is 6.60. The average Bonchev–Trinajstić information content (AvgIpc) is 2.83. The van der Waals surface area contributed by atoms with Crippen molar-refractivity contribution < 1.29 is 13.9 Å². The largest absolute Gasteiger partial charge is 0.497 e. The van der Waals surface area contributed by atoms with Crippen LogP contribution < -0.4 is 10.1 Å². The van der Waals surface area contributed by atoms with Crippen LogP contribution in [0.5, 0.6) is 5.75 Å². The molecule has 0 aliphatic heterocycles. The van der Waals surface area contributed by atoms with E-state index in [1.54, 1.807) is 19.4 Å². The maximum Gasteiger partial charge on any atom is 0.238 e. The number of nitrogens with one attached hydrogen (secondary N) is 1. The van der Waals surface area contributed by atoms with Crippen LogP contribution in [0, 0.1) is 6.92 Å². The van der Waals surface area contributed by atoms with E-state index in [0.29, 0.717) is 23.9 Å². The predicted molar refractivity (Wildman–Crippen MR) is 79.2 cm³/mol. The van der Waals surface area contributed by atoms with Crippen LogP contribution in [0.15, 0.2) is 34.9 Å². The minimum atomic E-state index is -0.103. The third kappa shape index (κ3) is 4.61. The normalized spacial score (nSPS) is 10.7. The Balaban J connectivity index is 1.85. The molecule has 1 amide bonds. The van der Waals surface area contributed by atoms with Crippen molar-refractivity contribution in [2.75, 3.05) is 26.0 Å². The molecule has 0 fully saturated rings. The number of amides is 1. The highest BCUT2D eigenvalue weighted by molar-refractivity contribution is 5.92. The molecular formula is C15H19N3O3. The maximum absolute atomic E-state index is 12.0. The van der Waals surface area contributed by atoms with Crippen molar-refractivity contribution in [3.8, 4) is 5.75 Å². The summed E-state index contributed by atoms with van der Waals surface area (Å²) in [6.45, 7) is 2.57. The summed E-state index contributed by atoms with van der Waals surface area (Å²) < 4.78 is 10.5. The number of benzene rings is 1. The van der Waals surface area contributed by atoms with Gasteiger partial charge in [-0.2, -0.15) is 0 Å². The number of methoxy groups -OCH3 is 1. The third-order valence-corrected chi connectivity index (χ3v) is 2.84. The van der Waals surface area contributed by atoms with Crippen molar-refractivity contribution in [3.05, 3.63) is 42.1 Å². The van der Waals surface area contributed by atoms with Crippen molar-refractivity contribution in [2.24, 2.45) is 0 Å². The highest BCUT2D eigenvalue weighted by Crippen LogP contribution is 2.16. The van der Waals surface area contributed by atoms with E-state index in [2.05, 4.69) is 10.3 Å². The summed E-state index contributed by atoms with van der Waals surface area (Å²) in [7, 11) is 3.43. The number of ether oxygens (including phenoxy) is 1. The Hall–Kier alpha value is -2.34. The van der Waals surface area contributed by atoms with Gasteiger partial charge >= 0.3 is 0 Å². The van der Waals surface area contributed by atoms with Gasteiger partial charge < -0.3 is 14.5 Å². The number of carbonyl (C=O) groups is 1. The lowest BCUT2D eigenvalue weighted by atomic mass is 10.3. The fourth-order valence-corrected chi connectivity index (χ4v) is 1.91. The average molecular weight is 289 g/mol. The fraction of sp³-hybridized carbons (Fsp3) is 0.333. The van der Waals surface area contributed by atoms with Gasteiger partial charge in [-0.3, -0.25) is 9.69 Å². The Morgan fingerprint density at radius 2 is 2.29 bits per heavy atom. The first-order chi connectivity index (χ1) is 10.1. The fourth-order valence-electron chi connectivity index (χ4n) is 1.91. The number of likely N-dealkylation sites (N-methyl/N-ethyl adjacent to an activating group) is 1. The summed E-state index contributed by atoms with van der Waals surface area (Å²) in [5.74, 6) is 1.97. The summed E-state index contributed by atoms with van der Waals surface area (Å²) >= 11 is 0. The van der Waals surface area contributed by atoms with Gasteiger partial charge in [0, 0.05) is 11.8 Å². The quantitative estimate of drug-likeness (QED) is 0.881. The number of aromatic nitrogens is 1. The molecule has 0 radical (unpaired) electrons. The van der Waals surface area contributed by atoms with Gasteiger partial charge in [0.1, 0.15) is 11.5 Å². The van der Waals surface area contributed by atoms with Crippen LogP contribution in [0.4, 0.5) is 5.69 Å². The van der Waals surface area contributed by atoms with Crippen molar-refractivity contribution in [3.63, 3.8) is 0 Å². The number of rotatable bonds is 6. The minimum absolute atomic E-state index is 0.103. The van der Waals surface area contributed by atoms with Gasteiger partial charge in [0.25, 0.3) is 0 Å². The van der Waals surface area contributed by atoms with Crippen LogP contribution in [0.2, 0.25) is 0 Å². The van der Waals surface area contributed by atoms with Gasteiger partial charge in [0.2, 0.25) is 11.8 Å². The number of aryl methyl sites for hydroxylation is 1. The number of hydrogen-bond acceptors (Lipinski definition) is 5. The van der Waals surface area contributed by atoms with E-state index in [-0.39, 0.29) is 12.5 Å². The SMILES string of the molecule is COc1cccc(NC(=O)CN(C)Cc2ncc(C)o2)c1. The zero-order valence-corrected chi connectivity index (χ0v) is 12.4. The second-order valence-electron chi connectivity index (χ2n) is 4.82. The summed E-state index contributed by atoms with van der Waals surface area (Å²) in [5.41, 5.74) is 0.708. The molecule has 0 aliphatic rings. The molecule has 0 atom stereocenters. The number of carbonyl (C=O) groups excluding carboxylic acids is 1. The second kappa shape index (κ2) is 6.90. The summed E-state index contributed by atoms with van der Waals surface area (Å²) in [6, 6.07) is 7.24. The molecule has 2 rings (SSSR count). The van der Waals surface area contributed by atoms with Gasteiger partial charge in [0.05, 0.1) is 26.4 Å². The molecule has 1 heterocycles. The number of anilines is 1. The Bertz CT molecular complexity index is 610. The summed E-state index contributed by atoms with van der Waals surface area (Å²) in [5, 5.41) is 2.83. The Morgan fingerprint density at radius 1 is 1.48 bits per heavy atom. The van der Waals surface area contributed by atoms with Crippen LogP contribution in [-0.2, 0) is 11.3 Å². The van der Waals surface area contributed by atoms with E-state index >= 15 is 0 Å². The van der Waals surface area contributed by atoms with Crippen molar-refractivity contribution >= 4 is 11.6 Å². The molecule has 0 aliphatic carbocycles. The number of oxazole rings is 1. The molecule has 112 valence electrons. The van der Waals surface area contributed by atoms with Gasteiger partial charge in [-0.1, -0.05) is 6.07 Å². The lowest BCUT2D eigenvalue weighted by Crippen LogP contribution is -2.29. The monoisotopic (exact) mass is 289 g/mol. The molecule has 1 N–H and O–H groups in total. The van der Waals surface area contributed by atoms with Crippen LogP contribution in [0.3, 0.4) is 0 Å². The van der Waals surface area contributed by atoms with E-state index in [4.69, 9.17) is 9.15 Å². The van der Waals surface area contributed by atoms with Crippen molar-refractivity contribution in [1.29, 1.82) is 0 Å². The smallest absolute Gasteiger partial charge is 0.238 e. The molecule has 1 aromatic heterocycles. The minimum Gasteiger partial charge on any atom is -0.497 e. The molecule has 21 heavy (non-hydrogen) atoms. The van der Waals surface area contributed by atoms with E-state index in [9.17, 15) is 4.79 Å². The van der Waals surface area contributed by atoms with Gasteiger partial charge in [-0.25, -0.2) is 4.98 Å². The molecule has 0 spiro atoms. The second-order valence-corrected chi connectivity index (χ2v) is 4.82. The first-order valence-corrected chi connectivity index (χ1v) is 6.60. The van der Waals surface area contributed by atoms with E-state index < -0.39 is 0 Å². The zero-order valence-electron chi connectivity index (χ0n) is 12.4. The molecule has 1 aromatic carbocycles. The topological polar surface area (TPSA) is 67.6 Å². The molecule has 6 nitrogen and oxygen atoms in total. The number of hydrogen-bond donors (Lipinski definition) is 1. The summed E-state index contributed by atoms with van der Waals surface area (Å²) in [4.78, 5) is 17.9. The zero-order chi connectivity index (χ0) is 15.2. The molecule has 0 saturated carbocycles. The third-order valence-electron chi connectivity index (χ3n) is 2.84. The Morgan fingerprint density at radius 3 is 2.95 bits per heavy atom. The Kier molecular flexibility index (Phi) is 4.94. The predicted octanol–water partition coefficient (Wildman–Crippen LogP) is 2.06. The molecular weight excluding hydrogens is 270 g/mol. The molecule has 0 bridgehead atoms. The van der Waals surface area contributed by atoms with Crippen LogP contribution in [0.25, 0.3) is 0 Å². The van der Waals surface area contributed by atoms with E-state index in [0.717, 1.165) is 5.76 Å². The first kappa shape index (κ1) is 15.1. The number of nitrogens with zero attached hydrogens (tertiary/aromatic N) is 2.